The summed E-state index contributed by atoms with van der Waals surface area (Å²) in [5.41, 5.74) is 0.809. The Labute approximate surface area is 151 Å². The van der Waals surface area contributed by atoms with Gasteiger partial charge in [-0.05, 0) is 30.2 Å². The van der Waals surface area contributed by atoms with Gasteiger partial charge in [0.25, 0.3) is 0 Å². The van der Waals surface area contributed by atoms with Gasteiger partial charge < -0.3 is 19.5 Å². The summed E-state index contributed by atoms with van der Waals surface area (Å²) in [6.45, 7) is 2.92. The molecule has 0 atom stereocenters. The number of unbranched alkanes of at least 4 members (excludes halogenated alkanes) is 5. The lowest BCUT2D eigenvalue weighted by molar-refractivity contribution is -0.116. The molecule has 0 aliphatic heterocycles. The van der Waals surface area contributed by atoms with Gasteiger partial charge in [-0.2, -0.15) is 0 Å². The van der Waals surface area contributed by atoms with Crippen LogP contribution in [-0.2, 0) is 4.79 Å². The van der Waals surface area contributed by atoms with Gasteiger partial charge in [-0.1, -0.05) is 39.0 Å². The molecular weight excluding hydrogens is 318 g/mol. The van der Waals surface area contributed by atoms with Crippen LogP contribution in [0.2, 0.25) is 0 Å². The number of methoxy groups -OCH3 is 3. The van der Waals surface area contributed by atoms with Gasteiger partial charge in [-0.3, -0.25) is 4.79 Å². The molecule has 0 aromatic heterocycles. The standard InChI is InChI=1S/C20H31NO4/c1-5-6-7-8-9-10-13-21-19(22)12-11-16-14-17(23-2)20(25-4)18(15-16)24-3/h11-12,14-15H,5-10,13H2,1-4H3,(H,21,22)/b12-11+. The molecule has 1 amide bonds. The molecule has 0 aliphatic rings. The van der Waals surface area contributed by atoms with Crippen molar-refractivity contribution in [3.8, 4) is 17.2 Å². The Kier molecular flexibility index (Phi) is 10.2. The van der Waals surface area contributed by atoms with E-state index in [1.54, 1.807) is 39.5 Å². The van der Waals surface area contributed by atoms with Crippen LogP contribution < -0.4 is 19.5 Å². The van der Waals surface area contributed by atoms with E-state index in [0.29, 0.717) is 23.8 Å². The molecule has 1 N–H and O–H groups in total. The summed E-state index contributed by atoms with van der Waals surface area (Å²) in [6.07, 6.45) is 10.5. The van der Waals surface area contributed by atoms with Crippen LogP contribution in [0, 0.1) is 0 Å². The molecule has 0 saturated heterocycles. The summed E-state index contributed by atoms with van der Waals surface area (Å²) >= 11 is 0. The van der Waals surface area contributed by atoms with Gasteiger partial charge in [0.2, 0.25) is 11.7 Å². The largest absolute Gasteiger partial charge is 0.493 e. The zero-order chi connectivity index (χ0) is 18.5. The minimum absolute atomic E-state index is 0.0951. The molecule has 1 rings (SSSR count). The number of carbonyl (C=O) groups is 1. The van der Waals surface area contributed by atoms with E-state index >= 15 is 0 Å². The van der Waals surface area contributed by atoms with Crippen LogP contribution in [-0.4, -0.2) is 33.8 Å². The van der Waals surface area contributed by atoms with Crippen LogP contribution in [0.3, 0.4) is 0 Å². The minimum Gasteiger partial charge on any atom is -0.493 e. The lowest BCUT2D eigenvalue weighted by Crippen LogP contribution is -2.21. The zero-order valence-corrected chi connectivity index (χ0v) is 15.9. The van der Waals surface area contributed by atoms with Crippen molar-refractivity contribution in [1.29, 1.82) is 0 Å². The van der Waals surface area contributed by atoms with Crippen molar-refractivity contribution < 1.29 is 19.0 Å². The van der Waals surface area contributed by atoms with Gasteiger partial charge in [0.15, 0.2) is 11.5 Å². The van der Waals surface area contributed by atoms with Crippen molar-refractivity contribution in [3.05, 3.63) is 23.8 Å². The number of hydrogen-bond donors (Lipinski definition) is 1. The van der Waals surface area contributed by atoms with Crippen molar-refractivity contribution >= 4 is 12.0 Å². The first kappa shape index (κ1) is 20.9. The molecular formula is C20H31NO4. The van der Waals surface area contributed by atoms with Crippen molar-refractivity contribution in [2.24, 2.45) is 0 Å². The second-order valence-electron chi connectivity index (χ2n) is 5.85. The topological polar surface area (TPSA) is 56.8 Å². The van der Waals surface area contributed by atoms with E-state index in [9.17, 15) is 4.79 Å². The normalized spacial score (nSPS) is 10.7. The molecule has 0 unspecified atom stereocenters. The Morgan fingerprint density at radius 2 is 1.56 bits per heavy atom. The molecule has 1 aromatic carbocycles. The van der Waals surface area contributed by atoms with E-state index in [-0.39, 0.29) is 5.91 Å². The van der Waals surface area contributed by atoms with Crippen LogP contribution in [0.25, 0.3) is 6.08 Å². The van der Waals surface area contributed by atoms with E-state index in [4.69, 9.17) is 14.2 Å². The van der Waals surface area contributed by atoms with Crippen molar-refractivity contribution in [1.82, 2.24) is 5.32 Å². The van der Waals surface area contributed by atoms with Crippen molar-refractivity contribution in [2.75, 3.05) is 27.9 Å². The molecule has 0 saturated carbocycles. The first-order chi connectivity index (χ1) is 12.2. The summed E-state index contributed by atoms with van der Waals surface area (Å²) < 4.78 is 15.9. The highest BCUT2D eigenvalue weighted by molar-refractivity contribution is 5.91. The fourth-order valence-corrected chi connectivity index (χ4v) is 2.55. The Morgan fingerprint density at radius 1 is 0.960 bits per heavy atom. The summed E-state index contributed by atoms with van der Waals surface area (Å²) in [5, 5.41) is 2.91. The SMILES string of the molecule is CCCCCCCCNC(=O)/C=C/c1cc(OC)c(OC)c(OC)c1. The van der Waals surface area contributed by atoms with Gasteiger partial charge in [0, 0.05) is 12.6 Å². The third-order valence-corrected chi connectivity index (χ3v) is 3.94. The molecule has 0 spiro atoms. The van der Waals surface area contributed by atoms with Gasteiger partial charge in [0.05, 0.1) is 21.3 Å². The maximum absolute atomic E-state index is 11.9. The number of benzene rings is 1. The van der Waals surface area contributed by atoms with Crippen LogP contribution in [0.1, 0.15) is 51.0 Å². The van der Waals surface area contributed by atoms with Crippen molar-refractivity contribution in [3.63, 3.8) is 0 Å². The molecule has 0 aliphatic carbocycles. The molecule has 1 aromatic rings. The predicted octanol–water partition coefficient (Wildman–Crippen LogP) is 4.20. The number of ether oxygens (including phenoxy) is 3. The second kappa shape index (κ2) is 12.2. The van der Waals surface area contributed by atoms with Gasteiger partial charge in [-0.25, -0.2) is 0 Å². The van der Waals surface area contributed by atoms with E-state index in [0.717, 1.165) is 18.4 Å². The minimum atomic E-state index is -0.0951. The lowest BCUT2D eigenvalue weighted by atomic mass is 10.1. The van der Waals surface area contributed by atoms with Gasteiger partial charge in [-0.15, -0.1) is 0 Å². The predicted molar refractivity (Wildman–Crippen MR) is 102 cm³/mol. The quantitative estimate of drug-likeness (QED) is 0.454. The van der Waals surface area contributed by atoms with E-state index in [1.165, 1.54) is 31.8 Å². The van der Waals surface area contributed by atoms with E-state index < -0.39 is 0 Å². The highest BCUT2D eigenvalue weighted by Gasteiger charge is 2.12. The fraction of sp³-hybridized carbons (Fsp3) is 0.550. The monoisotopic (exact) mass is 349 g/mol. The van der Waals surface area contributed by atoms with E-state index in [2.05, 4.69) is 12.2 Å². The van der Waals surface area contributed by atoms with Crippen molar-refractivity contribution in [2.45, 2.75) is 45.4 Å². The summed E-state index contributed by atoms with van der Waals surface area (Å²) in [4.78, 5) is 11.9. The number of hydrogen-bond acceptors (Lipinski definition) is 4. The average Bonchev–Trinajstić information content (AvgIpc) is 2.64. The fourth-order valence-electron chi connectivity index (χ4n) is 2.55. The Bertz CT molecular complexity index is 530. The molecule has 5 nitrogen and oxygen atoms in total. The Morgan fingerprint density at radius 3 is 2.12 bits per heavy atom. The Balaban J connectivity index is 2.50. The molecule has 0 radical (unpaired) electrons. The van der Waals surface area contributed by atoms with Gasteiger partial charge in [0.1, 0.15) is 0 Å². The van der Waals surface area contributed by atoms with Crippen LogP contribution in [0.15, 0.2) is 18.2 Å². The molecule has 0 fully saturated rings. The molecule has 5 heteroatoms. The zero-order valence-electron chi connectivity index (χ0n) is 15.9. The Hall–Kier alpha value is -2.17. The third-order valence-electron chi connectivity index (χ3n) is 3.94. The highest BCUT2D eigenvalue weighted by Crippen LogP contribution is 2.38. The third kappa shape index (κ3) is 7.50. The highest BCUT2D eigenvalue weighted by atomic mass is 16.5. The summed E-state index contributed by atoms with van der Waals surface area (Å²) in [5.74, 6) is 1.57. The lowest BCUT2D eigenvalue weighted by Gasteiger charge is -2.12. The second-order valence-corrected chi connectivity index (χ2v) is 5.85. The van der Waals surface area contributed by atoms with Crippen LogP contribution in [0.4, 0.5) is 0 Å². The first-order valence-electron chi connectivity index (χ1n) is 8.92. The number of carbonyl (C=O) groups excluding carboxylic acids is 1. The molecule has 0 bridgehead atoms. The molecule has 25 heavy (non-hydrogen) atoms. The van der Waals surface area contributed by atoms with Crippen LogP contribution >= 0.6 is 0 Å². The average molecular weight is 349 g/mol. The van der Waals surface area contributed by atoms with Gasteiger partial charge >= 0.3 is 0 Å². The number of amides is 1. The van der Waals surface area contributed by atoms with Crippen LogP contribution in [0.5, 0.6) is 17.2 Å². The summed E-state index contributed by atoms with van der Waals surface area (Å²) in [6, 6.07) is 3.61. The first-order valence-corrected chi connectivity index (χ1v) is 8.92. The smallest absolute Gasteiger partial charge is 0.243 e. The number of nitrogens with one attached hydrogen (secondary N) is 1. The maximum atomic E-state index is 11.9. The number of rotatable bonds is 12. The van der Waals surface area contributed by atoms with E-state index in [1.807, 2.05) is 0 Å². The summed E-state index contributed by atoms with van der Waals surface area (Å²) in [7, 11) is 4.70. The maximum Gasteiger partial charge on any atom is 0.243 e. The molecule has 0 heterocycles. The molecule has 140 valence electrons.